The van der Waals surface area contributed by atoms with Crippen LogP contribution in [-0.2, 0) is 25.2 Å². The number of unbranched alkanes of at least 4 members (excludes halogenated alkanes) is 1. The molecule has 0 amide bonds. The average molecular weight is 517 g/mol. The van der Waals surface area contributed by atoms with Gasteiger partial charge in [0.2, 0.25) is 0 Å². The zero-order chi connectivity index (χ0) is 26.2. The summed E-state index contributed by atoms with van der Waals surface area (Å²) >= 11 is 0. The fraction of sp³-hybridized carbons (Fsp3) is 0.733. The van der Waals surface area contributed by atoms with Crippen molar-refractivity contribution in [1.29, 1.82) is 0 Å². The lowest BCUT2D eigenvalue weighted by atomic mass is 10.0. The number of aliphatic hydroxyl groups is 1. The molecule has 6 atom stereocenters. The maximum atomic E-state index is 10.7. The summed E-state index contributed by atoms with van der Waals surface area (Å²) in [5, 5.41) is 10.9. The largest absolute Gasteiger partial charge is 0.411 e. The van der Waals surface area contributed by atoms with Crippen molar-refractivity contribution < 1.29 is 23.7 Å². The van der Waals surface area contributed by atoms with Crippen molar-refractivity contribution >= 4 is 8.32 Å². The summed E-state index contributed by atoms with van der Waals surface area (Å²) in [7, 11) is -1.85. The number of benzene rings is 1. The molecule has 0 saturated carbocycles. The smallest absolute Gasteiger partial charge is 0.192 e. The van der Waals surface area contributed by atoms with E-state index >= 15 is 0 Å². The van der Waals surface area contributed by atoms with Gasteiger partial charge in [-0.15, -0.1) is 11.8 Å². The van der Waals surface area contributed by atoms with Crippen LogP contribution in [0.3, 0.4) is 0 Å². The molecule has 3 rings (SSSR count). The predicted octanol–water partition coefficient (Wildman–Crippen LogP) is 6.24. The Labute approximate surface area is 220 Å². The van der Waals surface area contributed by atoms with E-state index in [0.29, 0.717) is 26.1 Å². The molecule has 2 saturated heterocycles. The van der Waals surface area contributed by atoms with Gasteiger partial charge in [-0.1, -0.05) is 70.9 Å². The third-order valence-corrected chi connectivity index (χ3v) is 12.3. The molecule has 5 nitrogen and oxygen atoms in total. The molecule has 202 valence electrons. The van der Waals surface area contributed by atoms with Gasteiger partial charge in [-0.25, -0.2) is 0 Å². The molecule has 1 aromatic carbocycles. The predicted molar refractivity (Wildman–Crippen MR) is 147 cm³/mol. The Morgan fingerprint density at radius 1 is 1.11 bits per heavy atom. The van der Waals surface area contributed by atoms with E-state index in [4.69, 9.17) is 18.6 Å². The summed E-state index contributed by atoms with van der Waals surface area (Å²) in [5.41, 5.74) is 1.09. The minimum absolute atomic E-state index is 0.0367. The molecule has 6 heteroatoms. The zero-order valence-corrected chi connectivity index (χ0v) is 24.3. The van der Waals surface area contributed by atoms with Crippen molar-refractivity contribution in [2.24, 2.45) is 0 Å². The third kappa shape index (κ3) is 8.97. The molecule has 0 bridgehead atoms. The van der Waals surface area contributed by atoms with Gasteiger partial charge in [0.25, 0.3) is 0 Å². The second-order valence-electron chi connectivity index (χ2n) is 11.9. The van der Waals surface area contributed by atoms with Gasteiger partial charge < -0.3 is 23.7 Å². The van der Waals surface area contributed by atoms with Crippen LogP contribution < -0.4 is 0 Å². The Bertz CT molecular complexity index is 836. The van der Waals surface area contributed by atoms with Crippen LogP contribution in [0.25, 0.3) is 0 Å². The highest BCUT2D eigenvalue weighted by Gasteiger charge is 2.42. The van der Waals surface area contributed by atoms with Crippen molar-refractivity contribution in [2.75, 3.05) is 6.61 Å². The summed E-state index contributed by atoms with van der Waals surface area (Å²) in [4.78, 5) is 0. The number of aliphatic hydroxyl groups excluding tert-OH is 1. The van der Waals surface area contributed by atoms with E-state index < -0.39 is 14.4 Å². The molecule has 0 radical (unpaired) electrons. The second kappa shape index (κ2) is 13.5. The molecule has 36 heavy (non-hydrogen) atoms. The topological polar surface area (TPSA) is 60.5 Å². The van der Waals surface area contributed by atoms with Crippen LogP contribution in [-0.4, -0.2) is 56.7 Å². The molecule has 1 aromatic rings. The fourth-order valence-electron chi connectivity index (χ4n) is 4.40. The van der Waals surface area contributed by atoms with E-state index in [0.717, 1.165) is 24.8 Å². The van der Waals surface area contributed by atoms with Crippen LogP contribution in [0.1, 0.15) is 78.2 Å². The summed E-state index contributed by atoms with van der Waals surface area (Å²) in [6, 6.07) is 10.0. The number of hydrogen-bond acceptors (Lipinski definition) is 5. The summed E-state index contributed by atoms with van der Waals surface area (Å²) in [6.07, 6.45) is 5.95. The van der Waals surface area contributed by atoms with Gasteiger partial charge in [0.15, 0.2) is 8.32 Å². The van der Waals surface area contributed by atoms with Crippen LogP contribution in [0, 0.1) is 11.8 Å². The number of epoxide rings is 1. The Kier molecular flexibility index (Phi) is 11.0. The van der Waals surface area contributed by atoms with Gasteiger partial charge in [-0.05, 0) is 43.0 Å². The van der Waals surface area contributed by atoms with E-state index in [2.05, 4.69) is 52.6 Å². The van der Waals surface area contributed by atoms with E-state index in [1.165, 1.54) is 12.8 Å². The van der Waals surface area contributed by atoms with Gasteiger partial charge in [0, 0.05) is 12.8 Å². The first-order chi connectivity index (χ1) is 17.1. The zero-order valence-electron chi connectivity index (χ0n) is 23.3. The normalized spacial score (nSPS) is 24.6. The lowest BCUT2D eigenvalue weighted by molar-refractivity contribution is -0.0564. The molecule has 1 unspecified atom stereocenters. The lowest BCUT2D eigenvalue weighted by Crippen LogP contribution is -2.47. The Balaban J connectivity index is 1.46. The fourth-order valence-corrected chi connectivity index (χ4v) is 5.78. The SMILES string of the molecule is CCCC[C@H](O[Si](C)(C)C(C)(C)C)[C@@H]1CC[C@@H](CC#CC[C@@H](O)C(OCc2ccccc2)[C@H]2CO2)O1. The van der Waals surface area contributed by atoms with E-state index in [1.807, 2.05) is 30.3 Å². The highest BCUT2D eigenvalue weighted by Crippen LogP contribution is 2.39. The minimum Gasteiger partial charge on any atom is -0.411 e. The van der Waals surface area contributed by atoms with Crippen LogP contribution in [0.15, 0.2) is 30.3 Å². The first-order valence-electron chi connectivity index (χ1n) is 13.8. The van der Waals surface area contributed by atoms with Crippen molar-refractivity contribution in [3.8, 4) is 11.8 Å². The van der Waals surface area contributed by atoms with Crippen LogP contribution >= 0.6 is 0 Å². The maximum absolute atomic E-state index is 10.7. The molecule has 2 aliphatic heterocycles. The van der Waals surface area contributed by atoms with Crippen molar-refractivity contribution in [1.82, 2.24) is 0 Å². The van der Waals surface area contributed by atoms with Crippen LogP contribution in [0.5, 0.6) is 0 Å². The highest BCUT2D eigenvalue weighted by atomic mass is 28.4. The summed E-state index contributed by atoms with van der Waals surface area (Å²) in [5.74, 6) is 6.43. The number of ether oxygens (including phenoxy) is 3. The Hall–Kier alpha value is -1.20. The van der Waals surface area contributed by atoms with E-state index in [1.54, 1.807) is 0 Å². The third-order valence-electron chi connectivity index (χ3n) is 7.81. The van der Waals surface area contributed by atoms with Gasteiger partial charge >= 0.3 is 0 Å². The molecule has 0 spiro atoms. The maximum Gasteiger partial charge on any atom is 0.192 e. The molecular formula is C30H48O5Si. The molecule has 2 aliphatic rings. The van der Waals surface area contributed by atoms with Crippen molar-refractivity contribution in [3.05, 3.63) is 35.9 Å². The van der Waals surface area contributed by atoms with Gasteiger partial charge in [-0.2, -0.15) is 0 Å². The quantitative estimate of drug-likeness (QED) is 0.191. The monoisotopic (exact) mass is 516 g/mol. The minimum atomic E-state index is -1.85. The number of hydrogen-bond donors (Lipinski definition) is 1. The average Bonchev–Trinajstić information content (AvgIpc) is 3.56. The van der Waals surface area contributed by atoms with Crippen molar-refractivity contribution in [3.63, 3.8) is 0 Å². The summed E-state index contributed by atoms with van der Waals surface area (Å²) in [6.45, 7) is 14.9. The first kappa shape index (κ1) is 29.4. The molecule has 1 N–H and O–H groups in total. The van der Waals surface area contributed by atoms with Gasteiger partial charge in [0.1, 0.15) is 12.2 Å². The molecular weight excluding hydrogens is 468 g/mol. The molecule has 0 aromatic heterocycles. The van der Waals surface area contributed by atoms with Gasteiger partial charge in [-0.3, -0.25) is 0 Å². The Morgan fingerprint density at radius 2 is 1.83 bits per heavy atom. The summed E-state index contributed by atoms with van der Waals surface area (Å²) < 4.78 is 24.7. The van der Waals surface area contributed by atoms with Crippen molar-refractivity contribution in [2.45, 2.75) is 134 Å². The van der Waals surface area contributed by atoms with E-state index in [-0.39, 0.29) is 35.6 Å². The lowest BCUT2D eigenvalue weighted by Gasteiger charge is -2.41. The van der Waals surface area contributed by atoms with E-state index in [9.17, 15) is 5.11 Å². The molecule has 2 fully saturated rings. The second-order valence-corrected chi connectivity index (χ2v) is 16.7. The van der Waals surface area contributed by atoms with Crippen LogP contribution in [0.4, 0.5) is 0 Å². The standard InChI is InChI=1S/C30H48O5Si/c1-7-8-18-27(35-36(5,6)30(2,3)4)26-20-19-24(34-26)16-12-13-17-25(31)29(28-22-32-28)33-21-23-14-10-9-11-15-23/h9-11,14-15,24-29,31H,7-8,16-22H2,1-6H3/t24-,25-,26+,27+,28-,29?/m1/s1. The number of rotatable bonds is 13. The first-order valence-corrected chi connectivity index (χ1v) is 16.8. The molecule has 0 aliphatic carbocycles. The molecule has 2 heterocycles. The van der Waals surface area contributed by atoms with Gasteiger partial charge in [0.05, 0.1) is 37.6 Å². The van der Waals surface area contributed by atoms with Crippen LogP contribution in [0.2, 0.25) is 18.1 Å². The highest BCUT2D eigenvalue weighted by molar-refractivity contribution is 6.74. The Morgan fingerprint density at radius 3 is 2.47 bits per heavy atom.